The Balaban J connectivity index is 1.34. The monoisotopic (exact) mass is 419 g/mol. The van der Waals surface area contributed by atoms with Crippen LogP contribution in [0.3, 0.4) is 0 Å². The number of amides is 1. The number of hydrogen-bond donors (Lipinski definition) is 0. The van der Waals surface area contributed by atoms with Crippen LogP contribution in [0.25, 0.3) is 10.8 Å². The van der Waals surface area contributed by atoms with Gasteiger partial charge in [-0.25, -0.2) is 9.37 Å². The smallest absolute Gasteiger partial charge is 0.255 e. The van der Waals surface area contributed by atoms with E-state index >= 15 is 0 Å². The Morgan fingerprint density at radius 3 is 2.71 bits per heavy atom. The summed E-state index contributed by atoms with van der Waals surface area (Å²) in [5.41, 5.74) is 1.34. The summed E-state index contributed by atoms with van der Waals surface area (Å²) in [5.74, 6) is 1.06. The number of thiazole rings is 1. The molecule has 0 atom stereocenters. The molecule has 146 valence electrons. The third kappa shape index (κ3) is 4.11. The molecule has 1 fully saturated rings. The van der Waals surface area contributed by atoms with E-state index in [4.69, 9.17) is 16.0 Å². The van der Waals surface area contributed by atoms with Gasteiger partial charge in [0, 0.05) is 38.1 Å². The summed E-state index contributed by atoms with van der Waals surface area (Å²) >= 11 is 7.59. The standard InChI is InChI=1S/C20H19ClFN3O2S/c1-13-2-5-18(27-13)19-23-15(12-28-19)11-24-6-8-25(9-7-24)20(26)16-4-3-14(22)10-17(16)21/h2-5,10,12H,6-9,11H2,1H3. The van der Waals surface area contributed by atoms with Crippen LogP contribution in [-0.4, -0.2) is 46.9 Å². The van der Waals surface area contributed by atoms with Crippen molar-refractivity contribution >= 4 is 28.8 Å². The van der Waals surface area contributed by atoms with E-state index in [1.807, 2.05) is 24.4 Å². The van der Waals surface area contributed by atoms with Crippen LogP contribution in [0.2, 0.25) is 5.02 Å². The van der Waals surface area contributed by atoms with Crippen LogP contribution in [0.5, 0.6) is 0 Å². The molecule has 0 bridgehead atoms. The zero-order chi connectivity index (χ0) is 19.7. The molecular weight excluding hydrogens is 401 g/mol. The van der Waals surface area contributed by atoms with Gasteiger partial charge in [-0.05, 0) is 37.3 Å². The van der Waals surface area contributed by atoms with Gasteiger partial charge < -0.3 is 9.32 Å². The Morgan fingerprint density at radius 1 is 1.25 bits per heavy atom. The lowest BCUT2D eigenvalue weighted by Gasteiger charge is -2.34. The van der Waals surface area contributed by atoms with Gasteiger partial charge in [0.15, 0.2) is 10.8 Å². The fraction of sp³-hybridized carbons (Fsp3) is 0.300. The third-order valence-corrected chi connectivity index (χ3v) is 5.93. The molecule has 8 heteroatoms. The first-order valence-electron chi connectivity index (χ1n) is 8.97. The molecule has 3 heterocycles. The van der Waals surface area contributed by atoms with Gasteiger partial charge in [0.1, 0.15) is 11.6 Å². The third-order valence-electron chi connectivity index (χ3n) is 4.71. The number of aromatic nitrogens is 1. The van der Waals surface area contributed by atoms with Crippen molar-refractivity contribution in [1.82, 2.24) is 14.8 Å². The molecule has 1 saturated heterocycles. The van der Waals surface area contributed by atoms with Gasteiger partial charge in [-0.1, -0.05) is 11.6 Å². The zero-order valence-electron chi connectivity index (χ0n) is 15.3. The number of benzene rings is 1. The Morgan fingerprint density at radius 2 is 2.04 bits per heavy atom. The van der Waals surface area contributed by atoms with Crippen molar-refractivity contribution < 1.29 is 13.6 Å². The number of halogens is 2. The van der Waals surface area contributed by atoms with E-state index < -0.39 is 5.82 Å². The molecule has 0 saturated carbocycles. The lowest BCUT2D eigenvalue weighted by atomic mass is 10.1. The van der Waals surface area contributed by atoms with Gasteiger partial charge in [-0.15, -0.1) is 11.3 Å². The van der Waals surface area contributed by atoms with Crippen molar-refractivity contribution in [2.24, 2.45) is 0 Å². The first-order valence-corrected chi connectivity index (χ1v) is 10.2. The molecule has 0 N–H and O–H groups in total. The maximum Gasteiger partial charge on any atom is 0.255 e. The summed E-state index contributed by atoms with van der Waals surface area (Å²) in [6, 6.07) is 7.74. The van der Waals surface area contributed by atoms with Crippen molar-refractivity contribution in [3.8, 4) is 10.8 Å². The number of furan rings is 1. The maximum absolute atomic E-state index is 13.2. The second kappa shape index (κ2) is 8.03. The van der Waals surface area contributed by atoms with Crippen LogP contribution in [0.15, 0.2) is 40.1 Å². The van der Waals surface area contributed by atoms with Gasteiger partial charge in [-0.2, -0.15) is 0 Å². The molecule has 4 rings (SSSR count). The molecule has 1 aliphatic heterocycles. The average molecular weight is 420 g/mol. The van der Waals surface area contributed by atoms with Crippen molar-refractivity contribution in [2.75, 3.05) is 26.2 Å². The number of rotatable bonds is 4. The quantitative estimate of drug-likeness (QED) is 0.626. The van der Waals surface area contributed by atoms with E-state index in [0.29, 0.717) is 18.7 Å². The number of hydrogen-bond acceptors (Lipinski definition) is 5. The van der Waals surface area contributed by atoms with Gasteiger partial charge in [0.2, 0.25) is 0 Å². The molecule has 0 radical (unpaired) electrons. The molecule has 2 aromatic heterocycles. The largest absolute Gasteiger partial charge is 0.459 e. The normalized spacial score (nSPS) is 15.2. The Bertz CT molecular complexity index is 995. The minimum atomic E-state index is -0.446. The summed E-state index contributed by atoms with van der Waals surface area (Å²) in [7, 11) is 0. The van der Waals surface area contributed by atoms with Crippen molar-refractivity contribution in [3.63, 3.8) is 0 Å². The highest BCUT2D eigenvalue weighted by molar-refractivity contribution is 7.13. The minimum Gasteiger partial charge on any atom is -0.459 e. The Hall–Kier alpha value is -2.22. The van der Waals surface area contributed by atoms with Crippen LogP contribution < -0.4 is 0 Å². The van der Waals surface area contributed by atoms with E-state index in [0.717, 1.165) is 41.9 Å². The first kappa shape index (κ1) is 19.1. The minimum absolute atomic E-state index is 0.149. The molecule has 1 aliphatic rings. The van der Waals surface area contributed by atoms with Crippen LogP contribution in [0, 0.1) is 12.7 Å². The fourth-order valence-electron chi connectivity index (χ4n) is 3.21. The lowest BCUT2D eigenvalue weighted by Crippen LogP contribution is -2.48. The lowest BCUT2D eigenvalue weighted by molar-refractivity contribution is 0.0627. The number of carbonyl (C=O) groups is 1. The molecular formula is C20H19ClFN3O2S. The predicted octanol–water partition coefficient (Wildman–Crippen LogP) is 4.46. The molecule has 1 aromatic carbocycles. The van der Waals surface area contributed by atoms with Crippen LogP contribution in [0.4, 0.5) is 4.39 Å². The SMILES string of the molecule is Cc1ccc(-c2nc(CN3CCN(C(=O)c4ccc(F)cc4Cl)CC3)cs2)o1. The Labute approximate surface area is 171 Å². The number of piperazine rings is 1. The van der Waals surface area contributed by atoms with E-state index in [9.17, 15) is 9.18 Å². The van der Waals surface area contributed by atoms with E-state index in [1.54, 1.807) is 16.2 Å². The van der Waals surface area contributed by atoms with Crippen molar-refractivity contribution in [2.45, 2.75) is 13.5 Å². The van der Waals surface area contributed by atoms with Gasteiger partial charge in [-0.3, -0.25) is 9.69 Å². The topological polar surface area (TPSA) is 49.6 Å². The van der Waals surface area contributed by atoms with Crippen LogP contribution in [0.1, 0.15) is 21.8 Å². The highest BCUT2D eigenvalue weighted by Gasteiger charge is 2.24. The van der Waals surface area contributed by atoms with Crippen LogP contribution >= 0.6 is 22.9 Å². The van der Waals surface area contributed by atoms with E-state index in [1.165, 1.54) is 18.2 Å². The average Bonchev–Trinajstić information content (AvgIpc) is 3.31. The maximum atomic E-state index is 13.2. The van der Waals surface area contributed by atoms with E-state index in [-0.39, 0.29) is 10.9 Å². The molecule has 5 nitrogen and oxygen atoms in total. The molecule has 0 unspecified atom stereocenters. The summed E-state index contributed by atoms with van der Waals surface area (Å²) in [6.45, 7) is 5.34. The Kier molecular flexibility index (Phi) is 5.48. The summed E-state index contributed by atoms with van der Waals surface area (Å²) in [6.07, 6.45) is 0. The summed E-state index contributed by atoms with van der Waals surface area (Å²) < 4.78 is 18.8. The molecule has 1 amide bonds. The summed E-state index contributed by atoms with van der Waals surface area (Å²) in [5, 5.41) is 3.07. The van der Waals surface area contributed by atoms with Gasteiger partial charge in [0.25, 0.3) is 5.91 Å². The van der Waals surface area contributed by atoms with Crippen LogP contribution in [-0.2, 0) is 6.54 Å². The van der Waals surface area contributed by atoms with E-state index in [2.05, 4.69) is 9.88 Å². The number of nitrogens with zero attached hydrogens (tertiary/aromatic N) is 3. The molecule has 3 aromatic rings. The van der Waals surface area contributed by atoms with Crippen molar-refractivity contribution in [1.29, 1.82) is 0 Å². The van der Waals surface area contributed by atoms with Crippen molar-refractivity contribution in [3.05, 3.63) is 63.6 Å². The zero-order valence-corrected chi connectivity index (χ0v) is 16.9. The highest BCUT2D eigenvalue weighted by Crippen LogP contribution is 2.26. The fourth-order valence-corrected chi connectivity index (χ4v) is 4.23. The summed E-state index contributed by atoms with van der Waals surface area (Å²) in [4.78, 5) is 21.3. The van der Waals surface area contributed by atoms with Gasteiger partial charge in [0.05, 0.1) is 16.3 Å². The van der Waals surface area contributed by atoms with Gasteiger partial charge >= 0.3 is 0 Å². The predicted molar refractivity (Wildman–Crippen MR) is 107 cm³/mol. The second-order valence-electron chi connectivity index (χ2n) is 6.75. The first-order chi connectivity index (χ1) is 13.5. The number of carbonyl (C=O) groups excluding carboxylic acids is 1. The molecule has 0 spiro atoms. The molecule has 0 aliphatic carbocycles. The molecule has 28 heavy (non-hydrogen) atoms. The second-order valence-corrected chi connectivity index (χ2v) is 8.01. The number of aryl methyl sites for hydroxylation is 1. The highest BCUT2D eigenvalue weighted by atomic mass is 35.5.